The molecule has 2 aromatic carbocycles. The van der Waals surface area contributed by atoms with E-state index in [4.69, 9.17) is 11.6 Å². The van der Waals surface area contributed by atoms with Gasteiger partial charge in [0.05, 0.1) is 17.5 Å². The largest absolute Gasteiger partial charge is 0.394 e. The van der Waals surface area contributed by atoms with Gasteiger partial charge in [0, 0.05) is 28.4 Å². The topological polar surface area (TPSA) is 37.8 Å². The third-order valence-electron chi connectivity index (χ3n) is 5.40. The fraction of sp³-hybridized carbons (Fsp3) is 0.273. The maximum atomic E-state index is 14.2. The molecule has 156 valence electrons. The van der Waals surface area contributed by atoms with Gasteiger partial charge in [0.1, 0.15) is 11.6 Å². The van der Waals surface area contributed by atoms with Crippen molar-refractivity contribution in [1.82, 2.24) is 9.97 Å². The molecule has 8 heteroatoms. The number of aromatic nitrogens is 2. The minimum absolute atomic E-state index is 0.185. The molecule has 3 nitrogen and oxygen atoms in total. The fourth-order valence-corrected chi connectivity index (χ4v) is 4.18. The van der Waals surface area contributed by atoms with Crippen LogP contribution in [0.5, 0.6) is 0 Å². The summed E-state index contributed by atoms with van der Waals surface area (Å²) in [5.41, 5.74) is 2.26. The molecular weight excluding hydrogens is 418 g/mol. The molecule has 0 radical (unpaired) electrons. The van der Waals surface area contributed by atoms with Crippen LogP contribution in [0, 0.1) is 18.7 Å². The maximum absolute atomic E-state index is 14.2. The number of nitrogens with one attached hydrogen (secondary N) is 1. The minimum Gasteiger partial charge on any atom is -0.377 e. The van der Waals surface area contributed by atoms with Gasteiger partial charge in [-0.15, -0.1) is 0 Å². The molecule has 1 aliphatic rings. The van der Waals surface area contributed by atoms with Crippen molar-refractivity contribution in [1.29, 1.82) is 0 Å². The van der Waals surface area contributed by atoms with Crippen LogP contribution in [0.1, 0.15) is 36.3 Å². The maximum Gasteiger partial charge on any atom is 0.394 e. The minimum atomic E-state index is -4.47. The zero-order valence-electron chi connectivity index (χ0n) is 16.2. The molecule has 0 saturated heterocycles. The number of hydrogen-bond donors (Lipinski definition) is 1. The number of hydrogen-bond acceptors (Lipinski definition) is 3. The summed E-state index contributed by atoms with van der Waals surface area (Å²) in [6, 6.07) is 6.18. The first kappa shape index (κ1) is 20.6. The zero-order valence-corrected chi connectivity index (χ0v) is 16.9. The van der Waals surface area contributed by atoms with Crippen molar-refractivity contribution in [2.75, 3.05) is 5.32 Å². The Labute approximate surface area is 175 Å². The number of anilines is 1. The van der Waals surface area contributed by atoms with Crippen LogP contribution in [-0.2, 0) is 0 Å². The average Bonchev–Trinajstić information content (AvgIpc) is 2.66. The van der Waals surface area contributed by atoms with Crippen LogP contribution in [0.3, 0.4) is 0 Å². The summed E-state index contributed by atoms with van der Waals surface area (Å²) in [4.78, 5) is 8.31. The molecule has 30 heavy (non-hydrogen) atoms. The van der Waals surface area contributed by atoms with Crippen LogP contribution in [0.4, 0.5) is 23.2 Å². The highest BCUT2D eigenvalue weighted by atomic mass is 35.5. The number of allylic oxidation sites excluding steroid dienone is 2. The Kier molecular flexibility index (Phi) is 5.18. The molecule has 3 aromatic rings. The van der Waals surface area contributed by atoms with Crippen LogP contribution in [0.2, 0.25) is 5.02 Å². The standard InChI is InChI=1S/C22H18ClF4N3/c1-3-12-6-18(22(25,26)27)21(16-7-13(23)4-5-15(12)16)30-20-9-14(24)8-19-17(20)10-28-11(2)29-19/h3-5,7-10,18,21,30H,6H2,1-2H3/b12-3+/t18-,21+/m0/s1. The third kappa shape index (κ3) is 3.74. The van der Waals surface area contributed by atoms with Crippen molar-refractivity contribution in [3.8, 4) is 0 Å². The molecule has 1 aromatic heterocycles. The summed E-state index contributed by atoms with van der Waals surface area (Å²) in [5.74, 6) is -1.86. The first-order valence-electron chi connectivity index (χ1n) is 9.38. The normalized spacial score (nSPS) is 20.4. The molecule has 0 fully saturated rings. The highest BCUT2D eigenvalue weighted by Crippen LogP contribution is 2.50. The Morgan fingerprint density at radius 2 is 1.97 bits per heavy atom. The fourth-order valence-electron chi connectivity index (χ4n) is 4.00. The average molecular weight is 436 g/mol. The highest BCUT2D eigenvalue weighted by Gasteiger charge is 2.48. The van der Waals surface area contributed by atoms with Crippen molar-refractivity contribution >= 4 is 33.8 Å². The van der Waals surface area contributed by atoms with Crippen LogP contribution in [0.25, 0.3) is 16.5 Å². The molecule has 0 unspecified atom stereocenters. The lowest BCUT2D eigenvalue weighted by molar-refractivity contribution is -0.178. The second kappa shape index (κ2) is 7.54. The van der Waals surface area contributed by atoms with Crippen molar-refractivity contribution in [3.05, 3.63) is 70.4 Å². The summed E-state index contributed by atoms with van der Waals surface area (Å²) < 4.78 is 56.4. The number of alkyl halides is 3. The van der Waals surface area contributed by atoms with Gasteiger partial charge in [0.25, 0.3) is 0 Å². The van der Waals surface area contributed by atoms with Gasteiger partial charge in [-0.25, -0.2) is 14.4 Å². The molecule has 4 rings (SSSR count). The van der Waals surface area contributed by atoms with Crippen LogP contribution >= 0.6 is 11.6 Å². The Morgan fingerprint density at radius 1 is 1.20 bits per heavy atom. The number of nitrogens with zero attached hydrogens (tertiary/aromatic N) is 2. The number of benzene rings is 2. The van der Waals surface area contributed by atoms with Crippen molar-refractivity contribution in [3.63, 3.8) is 0 Å². The van der Waals surface area contributed by atoms with E-state index >= 15 is 0 Å². The van der Waals surface area contributed by atoms with E-state index in [0.29, 0.717) is 38.4 Å². The molecule has 0 aliphatic heterocycles. The van der Waals surface area contributed by atoms with E-state index in [0.717, 1.165) is 0 Å². The lowest BCUT2D eigenvalue weighted by Gasteiger charge is -2.37. The Bertz CT molecular complexity index is 1150. The highest BCUT2D eigenvalue weighted by molar-refractivity contribution is 6.30. The number of fused-ring (bicyclic) bond motifs is 2. The van der Waals surface area contributed by atoms with Gasteiger partial charge >= 0.3 is 6.18 Å². The van der Waals surface area contributed by atoms with Crippen LogP contribution in [-0.4, -0.2) is 16.1 Å². The summed E-state index contributed by atoms with van der Waals surface area (Å²) in [7, 11) is 0. The van der Waals surface area contributed by atoms with Gasteiger partial charge in [-0.3, -0.25) is 0 Å². The van der Waals surface area contributed by atoms with Gasteiger partial charge in [-0.05, 0) is 55.2 Å². The quantitative estimate of drug-likeness (QED) is 0.446. The van der Waals surface area contributed by atoms with E-state index in [2.05, 4.69) is 15.3 Å². The first-order chi connectivity index (χ1) is 14.2. The van der Waals surface area contributed by atoms with Crippen LogP contribution in [0.15, 0.2) is 42.6 Å². The summed E-state index contributed by atoms with van der Waals surface area (Å²) in [5, 5.41) is 3.73. The van der Waals surface area contributed by atoms with Gasteiger partial charge in [-0.1, -0.05) is 23.7 Å². The Morgan fingerprint density at radius 3 is 2.67 bits per heavy atom. The van der Waals surface area contributed by atoms with E-state index in [1.807, 2.05) is 0 Å². The first-order valence-corrected chi connectivity index (χ1v) is 9.76. The van der Waals surface area contributed by atoms with Crippen molar-refractivity contribution in [2.45, 2.75) is 32.5 Å². The summed E-state index contributed by atoms with van der Waals surface area (Å²) in [6.07, 6.45) is -1.48. The van der Waals surface area contributed by atoms with E-state index < -0.39 is 24.0 Å². The predicted octanol–water partition coefficient (Wildman–Crippen LogP) is 6.87. The van der Waals surface area contributed by atoms with Crippen LogP contribution < -0.4 is 5.32 Å². The molecular formula is C22H18ClF4N3. The second-order valence-corrected chi connectivity index (χ2v) is 7.76. The summed E-state index contributed by atoms with van der Waals surface area (Å²) >= 11 is 6.13. The molecule has 0 saturated carbocycles. The number of rotatable bonds is 2. The second-order valence-electron chi connectivity index (χ2n) is 7.32. The number of halogens is 5. The molecule has 2 atom stereocenters. The molecule has 1 heterocycles. The Hall–Kier alpha value is -2.67. The summed E-state index contributed by atoms with van der Waals surface area (Å²) in [6.45, 7) is 3.38. The Balaban J connectivity index is 1.90. The SMILES string of the molecule is C/C=C1\C[C@H](C(F)(F)F)[C@H](Nc2cc(F)cc3nc(C)ncc23)c2cc(Cl)ccc21. The third-order valence-corrected chi connectivity index (χ3v) is 5.64. The van der Waals surface area contributed by atoms with Crippen molar-refractivity contribution < 1.29 is 17.6 Å². The molecule has 1 aliphatic carbocycles. The molecule has 0 amide bonds. The van der Waals surface area contributed by atoms with Gasteiger partial charge in [0.2, 0.25) is 0 Å². The lowest BCUT2D eigenvalue weighted by atomic mass is 9.76. The molecule has 0 bridgehead atoms. The smallest absolute Gasteiger partial charge is 0.377 e. The number of aryl methyl sites for hydroxylation is 1. The van der Waals surface area contributed by atoms with E-state index in [1.54, 1.807) is 32.1 Å². The molecule has 0 spiro atoms. The van der Waals surface area contributed by atoms with Gasteiger partial charge < -0.3 is 5.32 Å². The monoisotopic (exact) mass is 435 g/mol. The lowest BCUT2D eigenvalue weighted by Crippen LogP contribution is -2.36. The molecule has 1 N–H and O–H groups in total. The van der Waals surface area contributed by atoms with E-state index in [9.17, 15) is 17.6 Å². The zero-order chi connectivity index (χ0) is 21.6. The van der Waals surface area contributed by atoms with Gasteiger partial charge in [-0.2, -0.15) is 13.2 Å². The van der Waals surface area contributed by atoms with Crippen molar-refractivity contribution in [2.24, 2.45) is 5.92 Å². The van der Waals surface area contributed by atoms with E-state index in [1.165, 1.54) is 24.4 Å². The van der Waals surface area contributed by atoms with E-state index in [-0.39, 0.29) is 12.1 Å². The predicted molar refractivity (Wildman–Crippen MR) is 110 cm³/mol. The van der Waals surface area contributed by atoms with Gasteiger partial charge in [0.15, 0.2) is 0 Å².